The normalized spacial score (nSPS) is 10.9. The summed E-state index contributed by atoms with van der Waals surface area (Å²) in [5.74, 6) is 0. The molecule has 2 rings (SSSR count). The Kier molecular flexibility index (Phi) is 3.06. The summed E-state index contributed by atoms with van der Waals surface area (Å²) in [6.07, 6.45) is 2.25. The highest BCUT2D eigenvalue weighted by Gasteiger charge is 2.12. The standard InChI is InChI=1S/C10H9Cl2N3S/c1-5-8(3-9(13)16)15-4-6(11)2-7(12)10(15)14-5/h2,4H,3H2,1H3,(H2,13,16). The Bertz CT molecular complexity index is 577. The van der Waals surface area contributed by atoms with Crippen LogP contribution in [0.4, 0.5) is 0 Å². The molecule has 0 aromatic carbocycles. The third-order valence-corrected chi connectivity index (χ3v) is 2.91. The van der Waals surface area contributed by atoms with Crippen molar-refractivity contribution in [1.29, 1.82) is 0 Å². The van der Waals surface area contributed by atoms with Crippen LogP contribution in [0.3, 0.4) is 0 Å². The molecule has 0 amide bonds. The van der Waals surface area contributed by atoms with Gasteiger partial charge < -0.3 is 10.1 Å². The van der Waals surface area contributed by atoms with Crippen LogP contribution in [0.15, 0.2) is 12.3 Å². The molecule has 0 unspecified atom stereocenters. The van der Waals surface area contributed by atoms with Crippen molar-refractivity contribution in [3.05, 3.63) is 33.7 Å². The number of hydrogen-bond acceptors (Lipinski definition) is 2. The average Bonchev–Trinajstić information content (AvgIpc) is 2.45. The number of fused-ring (bicyclic) bond motifs is 1. The first-order chi connectivity index (χ1) is 7.49. The van der Waals surface area contributed by atoms with Gasteiger partial charge in [0.1, 0.15) is 0 Å². The van der Waals surface area contributed by atoms with E-state index in [1.165, 1.54) is 0 Å². The van der Waals surface area contributed by atoms with Gasteiger partial charge in [-0.05, 0) is 13.0 Å². The van der Waals surface area contributed by atoms with Gasteiger partial charge in [0.2, 0.25) is 0 Å². The van der Waals surface area contributed by atoms with Gasteiger partial charge in [-0.3, -0.25) is 0 Å². The largest absolute Gasteiger partial charge is 0.393 e. The molecule has 3 nitrogen and oxygen atoms in total. The smallest absolute Gasteiger partial charge is 0.156 e. The average molecular weight is 274 g/mol. The van der Waals surface area contributed by atoms with Crippen molar-refractivity contribution in [3.8, 4) is 0 Å². The fourth-order valence-corrected chi connectivity index (χ4v) is 2.26. The number of halogens is 2. The van der Waals surface area contributed by atoms with Crippen molar-refractivity contribution in [2.45, 2.75) is 13.3 Å². The SMILES string of the molecule is Cc1nc2c(Cl)cc(Cl)cn2c1CC(N)=S. The molecule has 0 aliphatic rings. The molecule has 6 heteroatoms. The molecule has 0 aliphatic carbocycles. The van der Waals surface area contributed by atoms with Crippen LogP contribution in [-0.4, -0.2) is 14.4 Å². The van der Waals surface area contributed by atoms with Crippen LogP contribution in [-0.2, 0) is 6.42 Å². The van der Waals surface area contributed by atoms with Gasteiger partial charge >= 0.3 is 0 Å². The highest BCUT2D eigenvalue weighted by atomic mass is 35.5. The molecule has 2 heterocycles. The number of rotatable bonds is 2. The van der Waals surface area contributed by atoms with E-state index in [0.717, 1.165) is 11.4 Å². The molecule has 2 aromatic rings. The maximum absolute atomic E-state index is 6.05. The van der Waals surface area contributed by atoms with Crippen LogP contribution in [0, 0.1) is 6.92 Å². The van der Waals surface area contributed by atoms with Crippen molar-refractivity contribution in [2.24, 2.45) is 5.73 Å². The fraction of sp³-hybridized carbons (Fsp3) is 0.200. The van der Waals surface area contributed by atoms with E-state index in [4.69, 9.17) is 41.2 Å². The first kappa shape index (κ1) is 11.6. The summed E-state index contributed by atoms with van der Waals surface area (Å²) in [5, 5.41) is 1.07. The van der Waals surface area contributed by atoms with Gasteiger partial charge in [0.25, 0.3) is 0 Å². The molecule has 0 bridgehead atoms. The van der Waals surface area contributed by atoms with E-state index in [1.807, 2.05) is 11.3 Å². The number of imidazole rings is 1. The maximum atomic E-state index is 6.05. The summed E-state index contributed by atoms with van der Waals surface area (Å²) in [6, 6.07) is 1.66. The van der Waals surface area contributed by atoms with E-state index in [2.05, 4.69) is 4.98 Å². The fourth-order valence-electron chi connectivity index (χ4n) is 1.61. The van der Waals surface area contributed by atoms with Crippen LogP contribution in [0.5, 0.6) is 0 Å². The molecule has 0 saturated heterocycles. The van der Waals surface area contributed by atoms with Gasteiger partial charge in [-0.25, -0.2) is 4.98 Å². The molecule has 0 spiro atoms. The Morgan fingerprint density at radius 1 is 1.56 bits per heavy atom. The first-order valence-corrected chi connectivity index (χ1v) is 5.76. The van der Waals surface area contributed by atoms with Gasteiger partial charge in [-0.15, -0.1) is 0 Å². The number of aromatic nitrogens is 2. The predicted octanol–water partition coefficient (Wildman–Crippen LogP) is 2.78. The van der Waals surface area contributed by atoms with E-state index in [-0.39, 0.29) is 0 Å². The summed E-state index contributed by atoms with van der Waals surface area (Å²) in [5.41, 5.74) is 8.00. The molecular weight excluding hydrogens is 265 g/mol. The maximum Gasteiger partial charge on any atom is 0.156 e. The Balaban J connectivity index is 2.73. The number of pyridine rings is 1. The number of thiocarbonyl (C=S) groups is 1. The third kappa shape index (κ3) is 2.00. The number of aryl methyl sites for hydroxylation is 1. The molecule has 0 atom stereocenters. The Morgan fingerprint density at radius 3 is 2.88 bits per heavy atom. The zero-order chi connectivity index (χ0) is 11.9. The van der Waals surface area contributed by atoms with E-state index < -0.39 is 0 Å². The van der Waals surface area contributed by atoms with Gasteiger partial charge in [0.15, 0.2) is 5.65 Å². The highest BCUT2D eigenvalue weighted by Crippen LogP contribution is 2.24. The zero-order valence-electron chi connectivity index (χ0n) is 8.50. The Morgan fingerprint density at radius 2 is 2.25 bits per heavy atom. The second-order valence-electron chi connectivity index (χ2n) is 3.49. The minimum absolute atomic E-state index is 0.418. The second kappa shape index (κ2) is 4.20. The lowest BCUT2D eigenvalue weighted by Gasteiger charge is -2.03. The molecule has 16 heavy (non-hydrogen) atoms. The lowest BCUT2D eigenvalue weighted by molar-refractivity contribution is 1.05. The van der Waals surface area contributed by atoms with E-state index in [0.29, 0.717) is 27.1 Å². The number of hydrogen-bond donors (Lipinski definition) is 1. The van der Waals surface area contributed by atoms with Crippen molar-refractivity contribution in [1.82, 2.24) is 9.38 Å². The van der Waals surface area contributed by atoms with Crippen molar-refractivity contribution in [2.75, 3.05) is 0 Å². The Labute approximate surface area is 108 Å². The van der Waals surface area contributed by atoms with Gasteiger partial charge in [0, 0.05) is 12.6 Å². The first-order valence-electron chi connectivity index (χ1n) is 4.60. The number of nitrogens with two attached hydrogens (primary N) is 1. The Hall–Kier alpha value is -0.840. The molecule has 2 aromatic heterocycles. The summed E-state index contributed by atoms with van der Waals surface area (Å²) >= 11 is 16.9. The summed E-state index contributed by atoms with van der Waals surface area (Å²) in [4.78, 5) is 4.78. The summed E-state index contributed by atoms with van der Waals surface area (Å²) in [7, 11) is 0. The second-order valence-corrected chi connectivity index (χ2v) is 4.85. The molecule has 0 aliphatic heterocycles. The van der Waals surface area contributed by atoms with Crippen LogP contribution in [0.2, 0.25) is 10.0 Å². The summed E-state index contributed by atoms with van der Waals surface area (Å²) in [6.45, 7) is 1.89. The predicted molar refractivity (Wildman–Crippen MR) is 70.4 cm³/mol. The quantitative estimate of drug-likeness (QED) is 0.856. The molecular formula is C10H9Cl2N3S. The lowest BCUT2D eigenvalue weighted by Crippen LogP contribution is -2.13. The monoisotopic (exact) mass is 273 g/mol. The van der Waals surface area contributed by atoms with Crippen LogP contribution >= 0.6 is 35.4 Å². The summed E-state index contributed by atoms with van der Waals surface area (Å²) < 4.78 is 1.83. The minimum atomic E-state index is 0.418. The van der Waals surface area contributed by atoms with Crippen LogP contribution < -0.4 is 5.73 Å². The van der Waals surface area contributed by atoms with E-state index in [1.54, 1.807) is 12.3 Å². The molecule has 2 N–H and O–H groups in total. The van der Waals surface area contributed by atoms with Crippen molar-refractivity contribution >= 4 is 46.1 Å². The number of nitrogens with zero attached hydrogens (tertiary/aromatic N) is 2. The third-order valence-electron chi connectivity index (χ3n) is 2.28. The van der Waals surface area contributed by atoms with Gasteiger partial charge in [-0.1, -0.05) is 35.4 Å². The van der Waals surface area contributed by atoms with Gasteiger partial charge in [0.05, 0.1) is 26.4 Å². The molecule has 0 fully saturated rings. The van der Waals surface area contributed by atoms with Gasteiger partial charge in [-0.2, -0.15) is 0 Å². The van der Waals surface area contributed by atoms with E-state index in [9.17, 15) is 0 Å². The molecule has 84 valence electrons. The van der Waals surface area contributed by atoms with Crippen molar-refractivity contribution in [3.63, 3.8) is 0 Å². The minimum Gasteiger partial charge on any atom is -0.393 e. The van der Waals surface area contributed by atoms with Crippen molar-refractivity contribution < 1.29 is 0 Å². The lowest BCUT2D eigenvalue weighted by atomic mass is 10.2. The van der Waals surface area contributed by atoms with E-state index >= 15 is 0 Å². The zero-order valence-corrected chi connectivity index (χ0v) is 10.8. The van der Waals surface area contributed by atoms with Crippen LogP contribution in [0.1, 0.15) is 11.4 Å². The topological polar surface area (TPSA) is 43.3 Å². The highest BCUT2D eigenvalue weighted by molar-refractivity contribution is 7.80. The molecule has 0 saturated carbocycles. The molecule has 0 radical (unpaired) electrons. The van der Waals surface area contributed by atoms with Crippen LogP contribution in [0.25, 0.3) is 5.65 Å².